The van der Waals surface area contributed by atoms with E-state index in [0.29, 0.717) is 17.4 Å². The Kier molecular flexibility index (Phi) is 7.91. The van der Waals surface area contributed by atoms with Crippen LogP contribution in [0.25, 0.3) is 0 Å². The molecule has 31 heavy (non-hydrogen) atoms. The second-order valence-electron chi connectivity index (χ2n) is 8.50. The first-order valence-corrected chi connectivity index (χ1v) is 10.5. The predicted molar refractivity (Wildman–Crippen MR) is 121 cm³/mol. The predicted octanol–water partition coefficient (Wildman–Crippen LogP) is 5.28. The smallest absolute Gasteiger partial charge is 0.267 e. The highest BCUT2D eigenvalue weighted by Crippen LogP contribution is 2.25. The average molecular weight is 426 g/mol. The normalized spacial score (nSPS) is 12.0. The van der Waals surface area contributed by atoms with Crippen LogP contribution in [0.5, 0.6) is 0 Å². The first kappa shape index (κ1) is 24.1. The molecule has 2 aromatic carbocycles. The molecule has 7 heteroatoms. The Hall–Kier alpha value is -3.22. The Labute approximate surface area is 183 Å². The molecule has 0 aliphatic carbocycles. The van der Waals surface area contributed by atoms with Crippen LogP contribution in [0.2, 0.25) is 0 Å². The number of amides is 2. The van der Waals surface area contributed by atoms with Crippen LogP contribution in [0.15, 0.2) is 48.5 Å². The number of hydrazine groups is 1. The molecule has 0 aliphatic heterocycles. The Morgan fingerprint density at radius 1 is 0.935 bits per heavy atom. The van der Waals surface area contributed by atoms with Gasteiger partial charge in [-0.2, -0.15) is 0 Å². The highest BCUT2D eigenvalue weighted by Gasteiger charge is 2.31. The van der Waals surface area contributed by atoms with Gasteiger partial charge in [0.1, 0.15) is 5.56 Å². The van der Waals surface area contributed by atoms with E-state index in [4.69, 9.17) is 0 Å². The third kappa shape index (κ3) is 5.69. The van der Waals surface area contributed by atoms with Crippen molar-refractivity contribution < 1.29 is 14.5 Å². The minimum absolute atomic E-state index is 0.0568. The number of nitrogens with zero attached hydrogens (tertiary/aromatic N) is 3. The van der Waals surface area contributed by atoms with Crippen LogP contribution in [0.1, 0.15) is 73.2 Å². The van der Waals surface area contributed by atoms with Gasteiger partial charge in [0.25, 0.3) is 17.5 Å². The Balaban J connectivity index is 2.29. The van der Waals surface area contributed by atoms with Gasteiger partial charge < -0.3 is 0 Å². The second-order valence-corrected chi connectivity index (χ2v) is 8.50. The monoisotopic (exact) mass is 425 g/mol. The van der Waals surface area contributed by atoms with E-state index in [9.17, 15) is 19.7 Å². The van der Waals surface area contributed by atoms with Crippen LogP contribution in [-0.2, 0) is 0 Å². The summed E-state index contributed by atoms with van der Waals surface area (Å²) in [6.45, 7) is 10.0. The molecule has 7 nitrogen and oxygen atoms in total. The zero-order valence-corrected chi connectivity index (χ0v) is 19.0. The van der Waals surface area contributed by atoms with Gasteiger partial charge in [-0.05, 0) is 55.9 Å². The SMILES string of the molecule is CC(C)CC(C)c1ccc(C(=O)N(C)N(C(=O)c2ccccc2[N+](=O)[O-])C(C)C)cc1. The number of hydrogen-bond acceptors (Lipinski definition) is 4. The molecule has 2 aromatic rings. The lowest BCUT2D eigenvalue weighted by Gasteiger charge is -2.35. The van der Waals surface area contributed by atoms with Gasteiger partial charge in [0.05, 0.1) is 4.92 Å². The molecule has 1 unspecified atom stereocenters. The standard InChI is InChI=1S/C24H31N3O4/c1-16(2)15-18(5)19-11-13-20(14-12-19)23(28)25(6)26(17(3)4)24(29)21-9-7-8-10-22(21)27(30)31/h7-14,16-18H,15H2,1-6H3. The molecule has 0 radical (unpaired) electrons. The van der Waals surface area contributed by atoms with Gasteiger partial charge in [-0.15, -0.1) is 0 Å². The molecule has 2 rings (SSSR count). The van der Waals surface area contributed by atoms with E-state index in [1.165, 1.54) is 35.3 Å². The maximum atomic E-state index is 13.2. The number of nitro benzene ring substituents is 1. The van der Waals surface area contributed by atoms with Crippen LogP contribution in [0, 0.1) is 16.0 Å². The summed E-state index contributed by atoms with van der Waals surface area (Å²) in [5, 5.41) is 13.8. The Bertz CT molecular complexity index is 938. The number of rotatable bonds is 7. The van der Waals surface area contributed by atoms with Gasteiger partial charge >= 0.3 is 0 Å². The fourth-order valence-corrected chi connectivity index (χ4v) is 3.74. The van der Waals surface area contributed by atoms with E-state index in [1.54, 1.807) is 32.0 Å². The zero-order chi connectivity index (χ0) is 23.3. The van der Waals surface area contributed by atoms with E-state index < -0.39 is 10.8 Å². The molecule has 1 atom stereocenters. The van der Waals surface area contributed by atoms with Crippen LogP contribution in [0.4, 0.5) is 5.69 Å². The van der Waals surface area contributed by atoms with Gasteiger partial charge in [0.2, 0.25) is 0 Å². The van der Waals surface area contributed by atoms with Crippen LogP contribution in [0.3, 0.4) is 0 Å². The summed E-state index contributed by atoms with van der Waals surface area (Å²) in [5.41, 5.74) is 1.26. The molecule has 166 valence electrons. The number of nitro groups is 1. The topological polar surface area (TPSA) is 83.8 Å². The number of carbonyl (C=O) groups is 2. The number of carbonyl (C=O) groups excluding carboxylic acids is 2. The molecule has 0 heterocycles. The lowest BCUT2D eigenvalue weighted by atomic mass is 9.91. The van der Waals surface area contributed by atoms with Gasteiger partial charge in [-0.3, -0.25) is 24.7 Å². The number of benzene rings is 2. The van der Waals surface area contributed by atoms with Crippen molar-refractivity contribution in [2.75, 3.05) is 7.05 Å². The van der Waals surface area contributed by atoms with Crippen LogP contribution >= 0.6 is 0 Å². The first-order valence-electron chi connectivity index (χ1n) is 10.5. The molecule has 0 aliphatic rings. The van der Waals surface area contributed by atoms with Crippen molar-refractivity contribution in [1.82, 2.24) is 10.0 Å². The largest absolute Gasteiger partial charge is 0.282 e. The third-order valence-electron chi connectivity index (χ3n) is 5.20. The molecular formula is C24H31N3O4. The van der Waals surface area contributed by atoms with Crippen LogP contribution in [-0.4, -0.2) is 39.8 Å². The molecule has 0 fully saturated rings. The van der Waals surface area contributed by atoms with E-state index >= 15 is 0 Å². The lowest BCUT2D eigenvalue weighted by molar-refractivity contribution is -0.385. The van der Waals surface area contributed by atoms with Crippen molar-refractivity contribution in [3.8, 4) is 0 Å². The van der Waals surface area contributed by atoms with E-state index in [-0.39, 0.29) is 23.2 Å². The molecule has 0 saturated carbocycles. The van der Waals surface area contributed by atoms with Crippen molar-refractivity contribution in [1.29, 1.82) is 0 Å². The fourth-order valence-electron chi connectivity index (χ4n) is 3.74. The van der Waals surface area contributed by atoms with Gasteiger partial charge in [-0.1, -0.05) is 45.0 Å². The molecule has 0 saturated heterocycles. The summed E-state index contributed by atoms with van der Waals surface area (Å²) in [4.78, 5) is 37.0. The highest BCUT2D eigenvalue weighted by molar-refractivity contribution is 6.01. The summed E-state index contributed by atoms with van der Waals surface area (Å²) in [6, 6.07) is 12.8. The van der Waals surface area contributed by atoms with Gasteiger partial charge in [0.15, 0.2) is 0 Å². The van der Waals surface area contributed by atoms with Crippen molar-refractivity contribution in [2.24, 2.45) is 5.92 Å². The van der Waals surface area contributed by atoms with E-state index in [2.05, 4.69) is 20.8 Å². The number of para-hydroxylation sites is 1. The number of hydrogen-bond donors (Lipinski definition) is 0. The Morgan fingerprint density at radius 2 is 1.52 bits per heavy atom. The highest BCUT2D eigenvalue weighted by atomic mass is 16.6. The van der Waals surface area contributed by atoms with Gasteiger partial charge in [-0.25, -0.2) is 5.01 Å². The summed E-state index contributed by atoms with van der Waals surface area (Å²) < 4.78 is 0. The quantitative estimate of drug-likeness (QED) is 0.446. The minimum Gasteiger partial charge on any atom is -0.267 e. The average Bonchev–Trinajstić information content (AvgIpc) is 2.72. The van der Waals surface area contributed by atoms with E-state index in [0.717, 1.165) is 12.0 Å². The van der Waals surface area contributed by atoms with Crippen LogP contribution < -0.4 is 0 Å². The minimum atomic E-state index is -0.597. The van der Waals surface area contributed by atoms with Gasteiger partial charge in [0, 0.05) is 24.7 Å². The molecule has 0 bridgehead atoms. The Morgan fingerprint density at radius 3 is 2.03 bits per heavy atom. The first-order chi connectivity index (χ1) is 14.5. The maximum absolute atomic E-state index is 13.2. The summed E-state index contributed by atoms with van der Waals surface area (Å²) >= 11 is 0. The van der Waals surface area contributed by atoms with Crippen molar-refractivity contribution in [2.45, 2.75) is 53.0 Å². The van der Waals surface area contributed by atoms with Crippen molar-refractivity contribution >= 4 is 17.5 Å². The second kappa shape index (κ2) is 10.2. The zero-order valence-electron chi connectivity index (χ0n) is 19.0. The molecular weight excluding hydrogens is 394 g/mol. The third-order valence-corrected chi connectivity index (χ3v) is 5.20. The van der Waals surface area contributed by atoms with E-state index in [1.807, 2.05) is 12.1 Å². The maximum Gasteiger partial charge on any atom is 0.282 e. The molecule has 0 N–H and O–H groups in total. The van der Waals surface area contributed by atoms with Crippen molar-refractivity contribution in [3.63, 3.8) is 0 Å². The molecule has 0 aromatic heterocycles. The summed E-state index contributed by atoms with van der Waals surface area (Å²) in [6.07, 6.45) is 1.05. The summed E-state index contributed by atoms with van der Waals surface area (Å²) in [7, 11) is 1.50. The lowest BCUT2D eigenvalue weighted by Crippen LogP contribution is -2.51. The molecule has 2 amide bonds. The fraction of sp³-hybridized carbons (Fsp3) is 0.417. The summed E-state index contributed by atoms with van der Waals surface area (Å²) in [5.74, 6) is 0.00775. The van der Waals surface area contributed by atoms with Crippen molar-refractivity contribution in [3.05, 3.63) is 75.3 Å². The molecule has 0 spiro atoms.